The lowest BCUT2D eigenvalue weighted by Gasteiger charge is -2.03. The van der Waals surface area contributed by atoms with Crippen LogP contribution in [0.2, 0.25) is 0 Å². The molecular formula is C16H16N2O3S. The van der Waals surface area contributed by atoms with Crippen LogP contribution in [0.3, 0.4) is 0 Å². The molecule has 0 aliphatic rings. The minimum Gasteiger partial charge on any atom is -0.479 e. The first-order valence-electron chi connectivity index (χ1n) is 6.64. The minimum atomic E-state index is -3.51. The van der Waals surface area contributed by atoms with Crippen molar-refractivity contribution in [3.05, 3.63) is 54.4 Å². The summed E-state index contributed by atoms with van der Waals surface area (Å²) >= 11 is 0. The predicted molar refractivity (Wildman–Crippen MR) is 83.9 cm³/mol. The van der Waals surface area contributed by atoms with E-state index in [-0.39, 0.29) is 18.0 Å². The molecule has 2 rings (SSSR count). The third kappa shape index (κ3) is 4.88. The summed E-state index contributed by atoms with van der Waals surface area (Å²) < 4.78 is 31.6. The Morgan fingerprint density at radius 2 is 1.91 bits per heavy atom. The third-order valence-electron chi connectivity index (χ3n) is 2.72. The van der Waals surface area contributed by atoms with Crippen LogP contribution in [0.1, 0.15) is 5.69 Å². The van der Waals surface area contributed by atoms with Crippen LogP contribution < -0.4 is 9.46 Å². The highest BCUT2D eigenvalue weighted by atomic mass is 32.2. The van der Waals surface area contributed by atoms with E-state index in [4.69, 9.17) is 4.74 Å². The molecule has 0 fully saturated rings. The first kappa shape index (κ1) is 16.0. The minimum absolute atomic E-state index is 0.0345. The van der Waals surface area contributed by atoms with Gasteiger partial charge in [0.25, 0.3) is 0 Å². The second-order valence-electron chi connectivity index (χ2n) is 4.42. The van der Waals surface area contributed by atoms with E-state index in [2.05, 4.69) is 21.5 Å². The van der Waals surface area contributed by atoms with Crippen LogP contribution in [-0.4, -0.2) is 26.6 Å². The van der Waals surface area contributed by atoms with Gasteiger partial charge in [-0.05, 0) is 31.2 Å². The highest BCUT2D eigenvalue weighted by Gasteiger charge is 2.10. The van der Waals surface area contributed by atoms with Crippen LogP contribution in [-0.2, 0) is 10.0 Å². The Bertz CT molecular complexity index is 761. The highest BCUT2D eigenvalue weighted by molar-refractivity contribution is 7.89. The van der Waals surface area contributed by atoms with Gasteiger partial charge in [-0.15, -0.1) is 0 Å². The first-order chi connectivity index (χ1) is 10.6. The molecule has 22 heavy (non-hydrogen) atoms. The van der Waals surface area contributed by atoms with Crippen molar-refractivity contribution in [3.63, 3.8) is 0 Å². The van der Waals surface area contributed by atoms with Crippen molar-refractivity contribution in [2.75, 3.05) is 13.2 Å². The van der Waals surface area contributed by atoms with Crippen LogP contribution >= 0.6 is 0 Å². The molecule has 114 valence electrons. The maximum Gasteiger partial charge on any atom is 0.241 e. The Kier molecular flexibility index (Phi) is 5.53. The molecule has 1 heterocycles. The summed E-state index contributed by atoms with van der Waals surface area (Å²) in [6.45, 7) is 2.10. The zero-order chi connectivity index (χ0) is 15.8. The molecule has 0 unspecified atom stereocenters. The lowest BCUT2D eigenvalue weighted by Crippen LogP contribution is -2.23. The van der Waals surface area contributed by atoms with Gasteiger partial charge < -0.3 is 4.74 Å². The van der Waals surface area contributed by atoms with Gasteiger partial charge in [0.2, 0.25) is 10.0 Å². The Morgan fingerprint density at radius 3 is 2.59 bits per heavy atom. The maximum atomic E-state index is 11.9. The van der Waals surface area contributed by atoms with Gasteiger partial charge >= 0.3 is 0 Å². The SMILES string of the molecule is Cc1ccc(OCC#CCNS(=O)(=O)c2ccccc2)cn1. The van der Waals surface area contributed by atoms with Gasteiger partial charge in [-0.25, -0.2) is 8.42 Å². The van der Waals surface area contributed by atoms with E-state index in [1.54, 1.807) is 24.4 Å². The monoisotopic (exact) mass is 316 g/mol. The van der Waals surface area contributed by atoms with E-state index < -0.39 is 10.0 Å². The van der Waals surface area contributed by atoms with Gasteiger partial charge in [-0.3, -0.25) is 4.98 Å². The van der Waals surface area contributed by atoms with Crippen molar-refractivity contribution >= 4 is 10.0 Å². The number of hydrogen-bond acceptors (Lipinski definition) is 4. The second-order valence-corrected chi connectivity index (χ2v) is 6.18. The van der Waals surface area contributed by atoms with Crippen molar-refractivity contribution < 1.29 is 13.2 Å². The standard InChI is InChI=1S/C16H16N2O3S/c1-14-9-10-15(13-17-14)21-12-6-5-11-18-22(19,20)16-7-3-2-4-8-16/h2-4,7-10,13,18H,11-12H2,1H3. The summed E-state index contributed by atoms with van der Waals surface area (Å²) in [4.78, 5) is 4.32. The lowest BCUT2D eigenvalue weighted by molar-refractivity contribution is 0.368. The molecule has 0 amide bonds. The average Bonchev–Trinajstić information content (AvgIpc) is 2.53. The van der Waals surface area contributed by atoms with Crippen LogP contribution in [0.25, 0.3) is 0 Å². The molecule has 1 N–H and O–H groups in total. The van der Waals surface area contributed by atoms with E-state index in [0.717, 1.165) is 5.69 Å². The normalized spacial score (nSPS) is 10.6. The molecule has 0 aliphatic carbocycles. The van der Waals surface area contributed by atoms with Gasteiger partial charge in [-0.1, -0.05) is 30.0 Å². The molecule has 1 aromatic heterocycles. The van der Waals surface area contributed by atoms with E-state index >= 15 is 0 Å². The predicted octanol–water partition coefficient (Wildman–Crippen LogP) is 1.75. The summed E-state index contributed by atoms with van der Waals surface area (Å²) in [5.41, 5.74) is 0.911. The Labute approximate surface area is 130 Å². The zero-order valence-electron chi connectivity index (χ0n) is 12.1. The average molecular weight is 316 g/mol. The second kappa shape index (κ2) is 7.59. The fraction of sp³-hybridized carbons (Fsp3) is 0.188. The van der Waals surface area contributed by atoms with Crippen LogP contribution in [0.5, 0.6) is 5.75 Å². The molecule has 5 nitrogen and oxygen atoms in total. The summed E-state index contributed by atoms with van der Waals surface area (Å²) in [5, 5.41) is 0. The van der Waals surface area contributed by atoms with Gasteiger partial charge in [0.1, 0.15) is 12.4 Å². The summed E-state index contributed by atoms with van der Waals surface area (Å²) in [6.07, 6.45) is 1.62. The fourth-order valence-electron chi connectivity index (χ4n) is 1.59. The van der Waals surface area contributed by atoms with Crippen LogP contribution in [0.15, 0.2) is 53.6 Å². The highest BCUT2D eigenvalue weighted by Crippen LogP contribution is 2.08. The smallest absolute Gasteiger partial charge is 0.241 e. The van der Waals surface area contributed by atoms with E-state index in [1.165, 1.54) is 12.1 Å². The van der Waals surface area contributed by atoms with Crippen molar-refractivity contribution in [1.82, 2.24) is 9.71 Å². The number of aromatic nitrogens is 1. The van der Waals surface area contributed by atoms with Crippen LogP contribution in [0, 0.1) is 18.8 Å². The topological polar surface area (TPSA) is 68.3 Å². The molecule has 0 spiro atoms. The van der Waals surface area contributed by atoms with Gasteiger partial charge in [-0.2, -0.15) is 4.72 Å². The molecular weight excluding hydrogens is 300 g/mol. The molecule has 0 atom stereocenters. The van der Waals surface area contributed by atoms with Crippen molar-refractivity contribution in [2.45, 2.75) is 11.8 Å². The lowest BCUT2D eigenvalue weighted by atomic mass is 10.4. The molecule has 0 aliphatic heterocycles. The number of nitrogens with zero attached hydrogens (tertiary/aromatic N) is 1. The maximum absolute atomic E-state index is 11.9. The molecule has 1 aromatic carbocycles. The molecule has 0 saturated heterocycles. The largest absolute Gasteiger partial charge is 0.479 e. The number of nitrogens with one attached hydrogen (secondary N) is 1. The molecule has 0 radical (unpaired) electrons. The van der Waals surface area contributed by atoms with E-state index in [1.807, 2.05) is 19.1 Å². The van der Waals surface area contributed by atoms with Crippen LogP contribution in [0.4, 0.5) is 0 Å². The Hall–Kier alpha value is -2.36. The first-order valence-corrected chi connectivity index (χ1v) is 8.12. The number of sulfonamides is 1. The number of benzene rings is 1. The summed E-state index contributed by atoms with van der Waals surface area (Å²) in [5.74, 6) is 6.08. The number of rotatable bonds is 5. The number of hydrogen-bond donors (Lipinski definition) is 1. The molecule has 2 aromatic rings. The van der Waals surface area contributed by atoms with Gasteiger partial charge in [0.15, 0.2) is 0 Å². The molecule has 6 heteroatoms. The Balaban J connectivity index is 1.78. The van der Waals surface area contributed by atoms with Gasteiger partial charge in [0.05, 0.1) is 17.6 Å². The number of aryl methyl sites for hydroxylation is 1. The quantitative estimate of drug-likeness (QED) is 0.853. The zero-order valence-corrected chi connectivity index (χ0v) is 12.9. The fourth-order valence-corrected chi connectivity index (χ4v) is 2.53. The van der Waals surface area contributed by atoms with E-state index in [0.29, 0.717) is 5.75 Å². The summed E-state index contributed by atoms with van der Waals surface area (Å²) in [7, 11) is -3.51. The Morgan fingerprint density at radius 1 is 1.14 bits per heavy atom. The van der Waals surface area contributed by atoms with E-state index in [9.17, 15) is 8.42 Å². The number of pyridine rings is 1. The van der Waals surface area contributed by atoms with Gasteiger partial charge in [0, 0.05) is 5.69 Å². The van der Waals surface area contributed by atoms with Crippen molar-refractivity contribution in [3.8, 4) is 17.6 Å². The molecule has 0 saturated carbocycles. The number of ether oxygens (including phenoxy) is 1. The van der Waals surface area contributed by atoms with Crippen molar-refractivity contribution in [2.24, 2.45) is 0 Å². The van der Waals surface area contributed by atoms with Crippen molar-refractivity contribution in [1.29, 1.82) is 0 Å². The summed E-state index contributed by atoms with van der Waals surface area (Å²) in [6, 6.07) is 11.8. The third-order valence-corrected chi connectivity index (χ3v) is 4.14. The molecule has 0 bridgehead atoms.